The van der Waals surface area contributed by atoms with E-state index in [0.29, 0.717) is 0 Å². The van der Waals surface area contributed by atoms with Crippen LogP contribution in [0.1, 0.15) is 11.3 Å². The van der Waals surface area contributed by atoms with Crippen LogP contribution in [0.15, 0.2) is 35.5 Å². The Hall–Kier alpha value is -1.88. The summed E-state index contributed by atoms with van der Waals surface area (Å²) in [4.78, 5) is 4.55. The average molecular weight is 287 g/mol. The van der Waals surface area contributed by atoms with Gasteiger partial charge in [-0.2, -0.15) is 5.10 Å². The first-order valence-electron chi connectivity index (χ1n) is 6.67. The third-order valence-corrected chi connectivity index (χ3v) is 3.73. The van der Waals surface area contributed by atoms with Gasteiger partial charge in [-0.15, -0.1) is 0 Å². The molecule has 0 saturated carbocycles. The SMILES string of the molecule is Cc1c(/C=N/c2ccccc2O[Si](C)(C)C)cnn1C. The summed E-state index contributed by atoms with van der Waals surface area (Å²) in [7, 11) is 0.291. The molecule has 2 rings (SSSR count). The number of aromatic nitrogens is 2. The molecule has 1 heterocycles. The van der Waals surface area contributed by atoms with Gasteiger partial charge in [-0.25, -0.2) is 0 Å². The summed E-state index contributed by atoms with van der Waals surface area (Å²) in [5, 5.41) is 4.21. The van der Waals surface area contributed by atoms with E-state index in [1.165, 1.54) is 0 Å². The van der Waals surface area contributed by atoms with Crippen LogP contribution in [0.2, 0.25) is 19.6 Å². The zero-order chi connectivity index (χ0) is 14.8. The fourth-order valence-electron chi connectivity index (χ4n) is 1.76. The predicted molar refractivity (Wildman–Crippen MR) is 85.6 cm³/mol. The van der Waals surface area contributed by atoms with Gasteiger partial charge in [0.25, 0.3) is 0 Å². The molecule has 1 aromatic carbocycles. The number of nitrogens with zero attached hydrogens (tertiary/aromatic N) is 3. The molecule has 0 atom stereocenters. The second kappa shape index (κ2) is 5.62. The Morgan fingerprint density at radius 2 is 1.95 bits per heavy atom. The van der Waals surface area contributed by atoms with E-state index in [9.17, 15) is 0 Å². The van der Waals surface area contributed by atoms with E-state index >= 15 is 0 Å². The molecule has 0 saturated heterocycles. The molecule has 20 heavy (non-hydrogen) atoms. The van der Waals surface area contributed by atoms with Crippen molar-refractivity contribution in [2.45, 2.75) is 26.6 Å². The minimum absolute atomic E-state index is 0.851. The van der Waals surface area contributed by atoms with Crippen LogP contribution < -0.4 is 4.43 Å². The molecule has 106 valence electrons. The summed E-state index contributed by atoms with van der Waals surface area (Å²) in [5.74, 6) is 0.851. The lowest BCUT2D eigenvalue weighted by Gasteiger charge is -2.20. The first-order chi connectivity index (χ1) is 9.37. The fraction of sp³-hybridized carbons (Fsp3) is 0.333. The predicted octanol–water partition coefficient (Wildman–Crippen LogP) is 3.69. The number of hydrogen-bond donors (Lipinski definition) is 0. The Morgan fingerprint density at radius 1 is 1.25 bits per heavy atom. The Labute approximate surface area is 121 Å². The zero-order valence-electron chi connectivity index (χ0n) is 12.7. The highest BCUT2D eigenvalue weighted by molar-refractivity contribution is 6.70. The van der Waals surface area contributed by atoms with E-state index in [0.717, 1.165) is 22.7 Å². The lowest BCUT2D eigenvalue weighted by atomic mass is 10.2. The molecule has 0 N–H and O–H groups in total. The van der Waals surface area contributed by atoms with Gasteiger partial charge in [-0.1, -0.05) is 12.1 Å². The molecular weight excluding hydrogens is 266 g/mol. The fourth-order valence-corrected chi connectivity index (χ4v) is 2.59. The number of hydrogen-bond acceptors (Lipinski definition) is 3. The maximum absolute atomic E-state index is 6.06. The highest BCUT2D eigenvalue weighted by atomic mass is 28.4. The van der Waals surface area contributed by atoms with Gasteiger partial charge in [0.05, 0.1) is 6.20 Å². The molecular formula is C15H21N3OSi. The van der Waals surface area contributed by atoms with Gasteiger partial charge in [-0.05, 0) is 38.7 Å². The quantitative estimate of drug-likeness (QED) is 0.635. The summed E-state index contributed by atoms with van der Waals surface area (Å²) in [5.41, 5.74) is 2.98. The maximum Gasteiger partial charge on any atom is 0.242 e. The van der Waals surface area contributed by atoms with Crippen LogP contribution in [0.3, 0.4) is 0 Å². The van der Waals surface area contributed by atoms with Crippen molar-refractivity contribution < 1.29 is 4.43 Å². The molecule has 0 spiro atoms. The van der Waals surface area contributed by atoms with E-state index in [1.807, 2.05) is 55.3 Å². The van der Waals surface area contributed by atoms with Crippen LogP contribution in [0, 0.1) is 6.92 Å². The first-order valence-corrected chi connectivity index (χ1v) is 10.1. The van der Waals surface area contributed by atoms with Crippen molar-refractivity contribution in [3.63, 3.8) is 0 Å². The van der Waals surface area contributed by atoms with E-state index in [-0.39, 0.29) is 0 Å². The van der Waals surface area contributed by atoms with E-state index in [4.69, 9.17) is 4.43 Å². The van der Waals surface area contributed by atoms with Crippen molar-refractivity contribution in [1.29, 1.82) is 0 Å². The Bertz CT molecular complexity index is 626. The lowest BCUT2D eigenvalue weighted by Crippen LogP contribution is -2.29. The van der Waals surface area contributed by atoms with Gasteiger partial charge in [0.2, 0.25) is 8.32 Å². The molecule has 0 aliphatic heterocycles. The highest BCUT2D eigenvalue weighted by Gasteiger charge is 2.17. The minimum Gasteiger partial charge on any atom is -0.543 e. The zero-order valence-corrected chi connectivity index (χ0v) is 13.7. The molecule has 0 amide bonds. The monoisotopic (exact) mass is 287 g/mol. The summed E-state index contributed by atoms with van der Waals surface area (Å²) < 4.78 is 7.90. The van der Waals surface area contributed by atoms with Crippen LogP contribution in [0.4, 0.5) is 5.69 Å². The van der Waals surface area contributed by atoms with Crippen LogP contribution in [-0.2, 0) is 7.05 Å². The first kappa shape index (κ1) is 14.5. The molecule has 5 heteroatoms. The van der Waals surface area contributed by atoms with E-state index < -0.39 is 8.32 Å². The van der Waals surface area contributed by atoms with Crippen molar-refractivity contribution in [1.82, 2.24) is 9.78 Å². The third-order valence-electron chi connectivity index (χ3n) is 2.90. The Kier molecular flexibility index (Phi) is 4.08. The molecule has 0 radical (unpaired) electrons. The molecule has 0 fully saturated rings. The molecule has 4 nitrogen and oxygen atoms in total. The van der Waals surface area contributed by atoms with E-state index in [1.54, 1.807) is 0 Å². The molecule has 2 aromatic rings. The van der Waals surface area contributed by atoms with Crippen LogP contribution in [0.25, 0.3) is 0 Å². The number of para-hydroxylation sites is 2. The van der Waals surface area contributed by atoms with Gasteiger partial charge in [0, 0.05) is 24.5 Å². The number of aliphatic imine (C=N–C) groups is 1. The Morgan fingerprint density at radius 3 is 2.55 bits per heavy atom. The summed E-state index contributed by atoms with van der Waals surface area (Å²) in [6.07, 6.45) is 3.66. The van der Waals surface area contributed by atoms with Gasteiger partial charge >= 0.3 is 0 Å². The standard InChI is InChI=1S/C15H21N3OSi/c1-12-13(11-17-18(12)2)10-16-14-8-6-7-9-15(14)19-20(3,4)5/h6-11H,1-5H3/b16-10+. The third kappa shape index (κ3) is 3.57. The second-order valence-electron chi connectivity index (χ2n) is 5.75. The van der Waals surface area contributed by atoms with Crippen molar-refractivity contribution in [3.05, 3.63) is 41.7 Å². The number of benzene rings is 1. The topological polar surface area (TPSA) is 39.4 Å². The molecule has 1 aromatic heterocycles. The largest absolute Gasteiger partial charge is 0.543 e. The number of aryl methyl sites for hydroxylation is 1. The second-order valence-corrected chi connectivity index (χ2v) is 10.2. The van der Waals surface area contributed by atoms with Gasteiger partial charge in [0.15, 0.2) is 0 Å². The maximum atomic E-state index is 6.06. The lowest BCUT2D eigenvalue weighted by molar-refractivity contribution is 0.559. The highest BCUT2D eigenvalue weighted by Crippen LogP contribution is 2.29. The summed E-state index contributed by atoms with van der Waals surface area (Å²) in [6.45, 7) is 8.52. The summed E-state index contributed by atoms with van der Waals surface area (Å²) >= 11 is 0. The van der Waals surface area contributed by atoms with Gasteiger partial charge in [-0.3, -0.25) is 9.67 Å². The smallest absolute Gasteiger partial charge is 0.242 e. The van der Waals surface area contributed by atoms with Gasteiger partial charge < -0.3 is 4.43 Å². The van der Waals surface area contributed by atoms with Crippen molar-refractivity contribution in [2.24, 2.45) is 12.0 Å². The number of rotatable bonds is 4. The van der Waals surface area contributed by atoms with Crippen LogP contribution in [0.5, 0.6) is 5.75 Å². The molecule has 0 unspecified atom stereocenters. The van der Waals surface area contributed by atoms with Crippen LogP contribution >= 0.6 is 0 Å². The van der Waals surface area contributed by atoms with Crippen molar-refractivity contribution in [2.75, 3.05) is 0 Å². The molecule has 0 aliphatic rings. The minimum atomic E-state index is -1.63. The van der Waals surface area contributed by atoms with Crippen LogP contribution in [-0.4, -0.2) is 24.3 Å². The van der Waals surface area contributed by atoms with Crippen molar-refractivity contribution >= 4 is 20.2 Å². The Balaban J connectivity index is 2.27. The molecule has 0 aliphatic carbocycles. The van der Waals surface area contributed by atoms with Gasteiger partial charge in [0.1, 0.15) is 11.4 Å². The van der Waals surface area contributed by atoms with E-state index in [2.05, 4.69) is 29.7 Å². The van der Waals surface area contributed by atoms with Crippen molar-refractivity contribution in [3.8, 4) is 5.75 Å². The molecule has 0 bridgehead atoms. The normalized spacial score (nSPS) is 12.1. The summed E-state index contributed by atoms with van der Waals surface area (Å²) in [6, 6.07) is 7.89. The average Bonchev–Trinajstić information content (AvgIpc) is 2.67.